The zero-order valence-corrected chi connectivity index (χ0v) is 10.1. The highest BCUT2D eigenvalue weighted by molar-refractivity contribution is 7.71. The first-order valence-corrected chi connectivity index (χ1v) is 5.33. The average Bonchev–Trinajstić information content (AvgIpc) is 2.53. The molecular formula is C9H7Cl2N3S. The van der Waals surface area contributed by atoms with Crippen molar-refractivity contribution in [2.24, 2.45) is 7.05 Å². The number of nitrogens with one attached hydrogen (secondary N) is 1. The highest BCUT2D eigenvalue weighted by atomic mass is 35.5. The number of rotatable bonds is 1. The first-order chi connectivity index (χ1) is 7.11. The van der Waals surface area contributed by atoms with E-state index < -0.39 is 0 Å². The van der Waals surface area contributed by atoms with Gasteiger partial charge in [-0.2, -0.15) is 5.10 Å². The van der Waals surface area contributed by atoms with Crippen molar-refractivity contribution in [2.75, 3.05) is 0 Å². The summed E-state index contributed by atoms with van der Waals surface area (Å²) in [7, 11) is 1.82. The van der Waals surface area contributed by atoms with Crippen LogP contribution < -0.4 is 0 Å². The number of aromatic amines is 1. The number of halogens is 2. The van der Waals surface area contributed by atoms with Crippen LogP contribution in [0, 0.1) is 4.77 Å². The zero-order chi connectivity index (χ0) is 11.0. The first kappa shape index (κ1) is 10.7. The minimum Gasteiger partial charge on any atom is -0.303 e. The fourth-order valence-corrected chi connectivity index (χ4v) is 1.78. The van der Waals surface area contributed by atoms with E-state index in [1.165, 1.54) is 0 Å². The molecule has 0 aliphatic carbocycles. The van der Waals surface area contributed by atoms with Gasteiger partial charge in [0, 0.05) is 12.6 Å². The molecular weight excluding hydrogens is 253 g/mol. The van der Waals surface area contributed by atoms with Crippen LogP contribution in [-0.4, -0.2) is 14.8 Å². The van der Waals surface area contributed by atoms with Crippen molar-refractivity contribution < 1.29 is 0 Å². The molecule has 0 unspecified atom stereocenters. The van der Waals surface area contributed by atoms with Crippen molar-refractivity contribution in [3.8, 4) is 11.4 Å². The van der Waals surface area contributed by atoms with Crippen LogP contribution in [0.15, 0.2) is 18.2 Å². The maximum atomic E-state index is 6.08. The van der Waals surface area contributed by atoms with Crippen LogP contribution in [-0.2, 0) is 7.05 Å². The molecule has 0 saturated carbocycles. The van der Waals surface area contributed by atoms with Gasteiger partial charge in [-0.1, -0.05) is 29.3 Å². The Morgan fingerprint density at radius 2 is 2.13 bits per heavy atom. The van der Waals surface area contributed by atoms with Crippen molar-refractivity contribution in [2.45, 2.75) is 0 Å². The number of hydrogen-bond donors (Lipinski definition) is 1. The molecule has 6 heteroatoms. The SMILES string of the molecule is Cn1c(-c2cccc(Cl)c2Cl)n[nH]c1=S. The maximum Gasteiger partial charge on any atom is 0.195 e. The molecule has 1 N–H and O–H groups in total. The summed E-state index contributed by atoms with van der Waals surface area (Å²) in [5, 5.41) is 7.77. The Kier molecular flexibility index (Phi) is 2.82. The lowest BCUT2D eigenvalue weighted by Crippen LogP contribution is -1.93. The van der Waals surface area contributed by atoms with Gasteiger partial charge in [0.25, 0.3) is 0 Å². The van der Waals surface area contributed by atoms with E-state index in [0.717, 1.165) is 5.56 Å². The van der Waals surface area contributed by atoms with Gasteiger partial charge < -0.3 is 4.57 Å². The van der Waals surface area contributed by atoms with Gasteiger partial charge in [-0.05, 0) is 24.4 Å². The largest absolute Gasteiger partial charge is 0.303 e. The molecule has 2 rings (SSSR count). The highest BCUT2D eigenvalue weighted by Gasteiger charge is 2.11. The number of nitrogens with zero attached hydrogens (tertiary/aromatic N) is 2. The molecule has 1 aromatic carbocycles. The van der Waals surface area contributed by atoms with Crippen LogP contribution in [0.3, 0.4) is 0 Å². The fraction of sp³-hybridized carbons (Fsp3) is 0.111. The quantitative estimate of drug-likeness (QED) is 0.797. The third-order valence-electron chi connectivity index (χ3n) is 2.07. The van der Waals surface area contributed by atoms with E-state index in [0.29, 0.717) is 20.6 Å². The summed E-state index contributed by atoms with van der Waals surface area (Å²) in [4.78, 5) is 0. The van der Waals surface area contributed by atoms with E-state index >= 15 is 0 Å². The van der Waals surface area contributed by atoms with Gasteiger partial charge in [-0.15, -0.1) is 0 Å². The third-order valence-corrected chi connectivity index (χ3v) is 3.26. The van der Waals surface area contributed by atoms with Crippen molar-refractivity contribution in [1.29, 1.82) is 0 Å². The molecule has 3 nitrogen and oxygen atoms in total. The van der Waals surface area contributed by atoms with Crippen LogP contribution in [0.1, 0.15) is 0 Å². The van der Waals surface area contributed by atoms with Gasteiger partial charge in [0.05, 0.1) is 10.0 Å². The standard InChI is InChI=1S/C9H7Cl2N3S/c1-14-8(12-13-9(14)15)5-3-2-4-6(10)7(5)11/h2-4H,1H3,(H,13,15). The maximum absolute atomic E-state index is 6.08. The molecule has 0 aliphatic heterocycles. The van der Waals surface area contributed by atoms with Crippen LogP contribution in [0.5, 0.6) is 0 Å². The summed E-state index contributed by atoms with van der Waals surface area (Å²) in [5.74, 6) is 0.674. The molecule has 2 aromatic rings. The van der Waals surface area contributed by atoms with E-state index in [1.807, 2.05) is 19.2 Å². The van der Waals surface area contributed by atoms with Crippen molar-refractivity contribution in [3.63, 3.8) is 0 Å². The van der Waals surface area contributed by atoms with Gasteiger partial charge >= 0.3 is 0 Å². The van der Waals surface area contributed by atoms with Gasteiger partial charge in [0.1, 0.15) is 0 Å². The summed E-state index contributed by atoms with van der Waals surface area (Å²) < 4.78 is 2.29. The summed E-state index contributed by atoms with van der Waals surface area (Å²) in [6, 6.07) is 5.40. The lowest BCUT2D eigenvalue weighted by atomic mass is 10.2. The Morgan fingerprint density at radius 1 is 1.40 bits per heavy atom. The van der Waals surface area contributed by atoms with Gasteiger partial charge in [0.2, 0.25) is 0 Å². The molecule has 78 valence electrons. The van der Waals surface area contributed by atoms with Crippen LogP contribution in [0.4, 0.5) is 0 Å². The van der Waals surface area contributed by atoms with Gasteiger partial charge in [-0.25, -0.2) is 0 Å². The molecule has 1 heterocycles. The van der Waals surface area contributed by atoms with Crippen LogP contribution >= 0.6 is 35.4 Å². The second-order valence-corrected chi connectivity index (χ2v) is 4.18. The van der Waals surface area contributed by atoms with Crippen molar-refractivity contribution in [1.82, 2.24) is 14.8 Å². The fourth-order valence-electron chi connectivity index (χ4n) is 1.26. The molecule has 15 heavy (non-hydrogen) atoms. The number of hydrogen-bond acceptors (Lipinski definition) is 2. The number of aromatic nitrogens is 3. The van der Waals surface area contributed by atoms with Crippen molar-refractivity contribution >= 4 is 35.4 Å². The topological polar surface area (TPSA) is 33.6 Å². The predicted molar refractivity (Wildman–Crippen MR) is 63.8 cm³/mol. The summed E-state index contributed by atoms with van der Waals surface area (Å²) in [6.45, 7) is 0. The Morgan fingerprint density at radius 3 is 2.73 bits per heavy atom. The number of H-pyrrole nitrogens is 1. The third kappa shape index (κ3) is 1.80. The second-order valence-electron chi connectivity index (χ2n) is 3.01. The van der Waals surface area contributed by atoms with Crippen LogP contribution in [0.2, 0.25) is 10.0 Å². The van der Waals surface area contributed by atoms with Crippen molar-refractivity contribution in [3.05, 3.63) is 33.0 Å². The highest BCUT2D eigenvalue weighted by Crippen LogP contribution is 2.31. The Labute approximate surface area is 102 Å². The minimum absolute atomic E-state index is 0.483. The summed E-state index contributed by atoms with van der Waals surface area (Å²) in [5.41, 5.74) is 0.763. The molecule has 0 radical (unpaired) electrons. The smallest absolute Gasteiger partial charge is 0.195 e. The lowest BCUT2D eigenvalue weighted by molar-refractivity contribution is 0.902. The molecule has 1 aromatic heterocycles. The lowest BCUT2D eigenvalue weighted by Gasteiger charge is -2.04. The van der Waals surface area contributed by atoms with Gasteiger partial charge in [0.15, 0.2) is 10.6 Å². The Hall–Kier alpha value is -0.840. The van der Waals surface area contributed by atoms with Crippen LogP contribution in [0.25, 0.3) is 11.4 Å². The molecule has 0 aliphatic rings. The first-order valence-electron chi connectivity index (χ1n) is 4.17. The van der Waals surface area contributed by atoms with E-state index in [1.54, 1.807) is 10.6 Å². The minimum atomic E-state index is 0.483. The zero-order valence-electron chi connectivity index (χ0n) is 7.79. The Balaban J connectivity index is 2.69. The van der Waals surface area contributed by atoms with Gasteiger partial charge in [-0.3, -0.25) is 5.10 Å². The molecule has 0 atom stereocenters. The number of benzene rings is 1. The second kappa shape index (κ2) is 3.96. The van der Waals surface area contributed by atoms with E-state index in [2.05, 4.69) is 10.2 Å². The average molecular weight is 260 g/mol. The molecule has 0 spiro atoms. The van der Waals surface area contributed by atoms with E-state index in [9.17, 15) is 0 Å². The molecule has 0 bridgehead atoms. The van der Waals surface area contributed by atoms with E-state index in [4.69, 9.17) is 35.4 Å². The summed E-state index contributed by atoms with van der Waals surface area (Å²) >= 11 is 17.0. The predicted octanol–water partition coefficient (Wildman–Crippen LogP) is 3.45. The molecule has 0 amide bonds. The normalized spacial score (nSPS) is 10.6. The molecule has 0 fully saturated rings. The molecule has 0 saturated heterocycles. The summed E-state index contributed by atoms with van der Waals surface area (Å²) in [6.07, 6.45) is 0. The monoisotopic (exact) mass is 259 g/mol. The Bertz CT molecular complexity index is 559. The van der Waals surface area contributed by atoms with E-state index in [-0.39, 0.29) is 0 Å².